The summed E-state index contributed by atoms with van der Waals surface area (Å²) >= 11 is 7.60. The van der Waals surface area contributed by atoms with E-state index in [-0.39, 0.29) is 23.8 Å². The van der Waals surface area contributed by atoms with E-state index in [4.69, 9.17) is 21.1 Å². The third-order valence-corrected chi connectivity index (χ3v) is 7.03. The molecule has 1 aromatic heterocycles. The van der Waals surface area contributed by atoms with E-state index in [1.165, 1.54) is 17.4 Å². The Labute approximate surface area is 219 Å². The van der Waals surface area contributed by atoms with E-state index in [9.17, 15) is 23.5 Å². The number of aliphatic carboxylic acids is 1. The summed E-state index contributed by atoms with van der Waals surface area (Å²) in [7, 11) is 0. The van der Waals surface area contributed by atoms with Crippen LogP contribution in [0.2, 0.25) is 5.02 Å². The molecule has 0 fully saturated rings. The van der Waals surface area contributed by atoms with Gasteiger partial charge in [-0.2, -0.15) is 0 Å². The van der Waals surface area contributed by atoms with Crippen LogP contribution in [0.15, 0.2) is 60.0 Å². The normalized spacial score (nSPS) is 14.5. The van der Waals surface area contributed by atoms with E-state index in [0.717, 1.165) is 12.1 Å². The van der Waals surface area contributed by atoms with Crippen LogP contribution in [-0.2, 0) is 11.2 Å². The summed E-state index contributed by atoms with van der Waals surface area (Å²) in [6.07, 6.45) is 0.411. The summed E-state index contributed by atoms with van der Waals surface area (Å²) in [6.45, 7) is 0.281. The number of carboxylic acid groups (broad SMARTS) is 1. The second-order valence-corrected chi connectivity index (χ2v) is 9.68. The first-order valence-corrected chi connectivity index (χ1v) is 12.4. The second kappa shape index (κ2) is 10.3. The van der Waals surface area contributed by atoms with Crippen LogP contribution in [0.3, 0.4) is 0 Å². The number of ether oxygens (including phenoxy) is 2. The Morgan fingerprint density at radius 1 is 1.11 bits per heavy atom. The maximum Gasteiger partial charge on any atom is 0.311 e. The number of nitrogens with zero attached hydrogens (tertiary/aromatic N) is 1. The van der Waals surface area contributed by atoms with Gasteiger partial charge in [-0.25, -0.2) is 13.8 Å². The van der Waals surface area contributed by atoms with E-state index < -0.39 is 23.5 Å². The van der Waals surface area contributed by atoms with Gasteiger partial charge in [0, 0.05) is 28.1 Å². The number of benzene rings is 3. The molecule has 0 saturated carbocycles. The third-order valence-electron chi connectivity index (χ3n) is 5.88. The molecule has 3 aromatic carbocycles. The zero-order valence-electron chi connectivity index (χ0n) is 19.0. The summed E-state index contributed by atoms with van der Waals surface area (Å²) in [5, 5.41) is 11.9. The molecule has 0 saturated heterocycles. The lowest BCUT2D eigenvalue weighted by Crippen LogP contribution is -2.20. The summed E-state index contributed by atoms with van der Waals surface area (Å²) in [6, 6.07) is 13.1. The van der Waals surface area contributed by atoms with E-state index in [1.54, 1.807) is 41.8 Å². The van der Waals surface area contributed by atoms with Gasteiger partial charge in [0.25, 0.3) is 0 Å². The minimum Gasteiger partial charge on any atom is -0.493 e. The first kappa shape index (κ1) is 24.9. The van der Waals surface area contributed by atoms with Crippen LogP contribution in [0.1, 0.15) is 33.3 Å². The van der Waals surface area contributed by atoms with E-state index in [0.29, 0.717) is 51.1 Å². The predicted molar refractivity (Wildman–Crippen MR) is 134 cm³/mol. The number of fused-ring (bicyclic) bond motifs is 1. The van der Waals surface area contributed by atoms with Gasteiger partial charge in [0.05, 0.1) is 29.7 Å². The molecule has 0 aliphatic carbocycles. The van der Waals surface area contributed by atoms with E-state index >= 15 is 0 Å². The van der Waals surface area contributed by atoms with Gasteiger partial charge >= 0.3 is 5.97 Å². The summed E-state index contributed by atoms with van der Waals surface area (Å²) in [4.78, 5) is 28.6. The van der Waals surface area contributed by atoms with Crippen LogP contribution >= 0.6 is 22.9 Å². The molecule has 0 spiro atoms. The highest BCUT2D eigenvalue weighted by atomic mass is 35.5. The van der Waals surface area contributed by atoms with E-state index in [2.05, 4.69) is 4.98 Å². The maximum absolute atomic E-state index is 13.5. The molecule has 10 heteroatoms. The first-order chi connectivity index (χ1) is 17.8. The Hall–Kier alpha value is -3.82. The molecule has 5 rings (SSSR count). The van der Waals surface area contributed by atoms with Crippen molar-refractivity contribution in [2.45, 2.75) is 18.8 Å². The standard InChI is InChI=1S/C27H18ClF2NO5S/c28-19-10-18-17(27(33)34)7-8-35-24(18)12-25(19)36-16-4-1-14(2-5-16)23(32)11-26-31-22(13-37-26)15-3-6-20(29)21(30)9-15/h1-6,9-10,12-13,17H,7-8,11H2,(H,33,34). The van der Waals surface area contributed by atoms with Crippen molar-refractivity contribution in [2.24, 2.45) is 0 Å². The number of Topliss-reactive ketones (excluding diaryl/α,β-unsaturated/α-hetero) is 1. The fourth-order valence-corrected chi connectivity index (χ4v) is 4.99. The molecular formula is C27H18ClF2NO5S. The van der Waals surface area contributed by atoms with Crippen molar-refractivity contribution in [3.8, 4) is 28.5 Å². The summed E-state index contributed by atoms with van der Waals surface area (Å²) < 4.78 is 38.1. The lowest BCUT2D eigenvalue weighted by Gasteiger charge is -2.24. The number of halogens is 3. The summed E-state index contributed by atoms with van der Waals surface area (Å²) in [5.41, 5.74) is 1.85. The molecule has 0 bridgehead atoms. The second-order valence-electron chi connectivity index (χ2n) is 8.33. The van der Waals surface area contributed by atoms with Crippen molar-refractivity contribution < 1.29 is 33.0 Å². The number of hydrogen-bond acceptors (Lipinski definition) is 6. The van der Waals surface area contributed by atoms with Crippen molar-refractivity contribution in [3.63, 3.8) is 0 Å². The third kappa shape index (κ3) is 5.33. The molecule has 37 heavy (non-hydrogen) atoms. The lowest BCUT2D eigenvalue weighted by atomic mass is 9.93. The number of rotatable bonds is 7. The molecule has 0 radical (unpaired) electrons. The minimum absolute atomic E-state index is 0.0489. The van der Waals surface area contributed by atoms with Crippen LogP contribution < -0.4 is 9.47 Å². The van der Waals surface area contributed by atoms with Crippen LogP contribution in [0.4, 0.5) is 8.78 Å². The molecule has 6 nitrogen and oxygen atoms in total. The zero-order chi connectivity index (χ0) is 26.1. The largest absolute Gasteiger partial charge is 0.493 e. The monoisotopic (exact) mass is 541 g/mol. The number of hydrogen-bond donors (Lipinski definition) is 1. The molecule has 1 aliphatic heterocycles. The lowest BCUT2D eigenvalue weighted by molar-refractivity contribution is -0.139. The molecule has 0 amide bonds. The highest BCUT2D eigenvalue weighted by Gasteiger charge is 2.29. The van der Waals surface area contributed by atoms with Crippen LogP contribution in [0, 0.1) is 11.6 Å². The number of carboxylic acids is 1. The smallest absolute Gasteiger partial charge is 0.311 e. The topological polar surface area (TPSA) is 85.7 Å². The van der Waals surface area contributed by atoms with Gasteiger partial charge in [0.1, 0.15) is 22.3 Å². The van der Waals surface area contributed by atoms with Crippen molar-refractivity contribution in [1.82, 2.24) is 4.98 Å². The van der Waals surface area contributed by atoms with Crippen LogP contribution in [-0.4, -0.2) is 28.4 Å². The zero-order valence-corrected chi connectivity index (χ0v) is 20.6. The summed E-state index contributed by atoms with van der Waals surface area (Å²) in [5.74, 6) is -2.54. The van der Waals surface area contributed by atoms with Crippen LogP contribution in [0.25, 0.3) is 11.3 Å². The minimum atomic E-state index is -0.959. The Kier molecular flexibility index (Phi) is 6.90. The molecule has 1 atom stereocenters. The number of ketones is 1. The molecule has 1 unspecified atom stereocenters. The Balaban J connectivity index is 1.26. The highest BCUT2D eigenvalue weighted by Crippen LogP contribution is 2.41. The average molecular weight is 542 g/mol. The number of aromatic nitrogens is 1. The van der Waals surface area contributed by atoms with Crippen molar-refractivity contribution in [3.05, 3.63) is 92.8 Å². The van der Waals surface area contributed by atoms with Gasteiger partial charge in [0.15, 0.2) is 17.4 Å². The SMILES string of the molecule is O=C(Cc1nc(-c2ccc(F)c(F)c2)cs1)c1ccc(Oc2cc3c(cc2Cl)C(C(=O)O)CCO3)cc1. The molecule has 1 N–H and O–H groups in total. The fourth-order valence-electron chi connectivity index (χ4n) is 3.98. The number of thiazole rings is 1. The van der Waals surface area contributed by atoms with Gasteiger partial charge in [-0.3, -0.25) is 9.59 Å². The van der Waals surface area contributed by atoms with Crippen molar-refractivity contribution in [2.75, 3.05) is 6.61 Å². The molecule has 1 aliphatic rings. The fraction of sp³-hybridized carbons (Fsp3) is 0.148. The predicted octanol–water partition coefficient (Wildman–Crippen LogP) is 6.91. The van der Waals surface area contributed by atoms with Gasteiger partial charge in [0.2, 0.25) is 0 Å². The molecule has 4 aromatic rings. The molecule has 2 heterocycles. The number of carbonyl (C=O) groups excluding carboxylic acids is 1. The maximum atomic E-state index is 13.5. The quantitative estimate of drug-likeness (QED) is 0.256. The molecule has 188 valence electrons. The van der Waals surface area contributed by atoms with Gasteiger partial charge < -0.3 is 14.6 Å². The molecular weight excluding hydrogens is 524 g/mol. The highest BCUT2D eigenvalue weighted by molar-refractivity contribution is 7.10. The Morgan fingerprint density at radius 2 is 1.89 bits per heavy atom. The number of carbonyl (C=O) groups is 2. The Morgan fingerprint density at radius 3 is 2.62 bits per heavy atom. The van der Waals surface area contributed by atoms with Gasteiger partial charge in [-0.05, 0) is 55.0 Å². The van der Waals surface area contributed by atoms with E-state index in [1.807, 2.05) is 0 Å². The van der Waals surface area contributed by atoms with Crippen molar-refractivity contribution >= 4 is 34.7 Å². The van der Waals surface area contributed by atoms with Gasteiger partial charge in [-0.15, -0.1) is 11.3 Å². The average Bonchev–Trinajstić information content (AvgIpc) is 3.34. The van der Waals surface area contributed by atoms with Crippen molar-refractivity contribution in [1.29, 1.82) is 0 Å². The van der Waals surface area contributed by atoms with Gasteiger partial charge in [-0.1, -0.05) is 11.6 Å². The first-order valence-electron chi connectivity index (χ1n) is 11.2. The Bertz CT molecular complexity index is 1510. The van der Waals surface area contributed by atoms with Crippen LogP contribution in [0.5, 0.6) is 17.2 Å².